The molecule has 0 saturated carbocycles. The molecule has 0 bridgehead atoms. The molecular weight excluding hydrogens is 389 g/mol. The van der Waals surface area contributed by atoms with E-state index in [1.807, 2.05) is 13.8 Å². The van der Waals surface area contributed by atoms with Gasteiger partial charge in [0.1, 0.15) is 17.3 Å². The number of amides is 1. The minimum Gasteiger partial charge on any atom is -0.507 e. The van der Waals surface area contributed by atoms with Gasteiger partial charge < -0.3 is 19.5 Å². The minimum atomic E-state index is -0.819. The number of benzene rings is 2. The average Bonchev–Trinajstić information content (AvgIpc) is 2.96. The maximum atomic E-state index is 13.3. The zero-order valence-corrected chi connectivity index (χ0v) is 17.1. The summed E-state index contributed by atoms with van der Waals surface area (Å²) in [5, 5.41) is 10.9. The van der Waals surface area contributed by atoms with Crippen molar-refractivity contribution in [2.45, 2.75) is 26.0 Å². The number of hydrogen-bond donors (Lipinski definition) is 1. The van der Waals surface area contributed by atoms with Crippen LogP contribution in [0.3, 0.4) is 0 Å². The number of ether oxygens (including phenoxy) is 2. The molecule has 1 N–H and O–H groups in total. The first-order valence-electron chi connectivity index (χ1n) is 9.63. The number of carbonyl (C=O) groups excluding carboxylic acids is 2. The number of methoxy groups -OCH3 is 1. The maximum Gasteiger partial charge on any atom is 0.295 e. The zero-order valence-electron chi connectivity index (χ0n) is 17.1. The molecule has 1 heterocycles. The second-order valence-corrected chi connectivity index (χ2v) is 7.23. The van der Waals surface area contributed by atoms with Crippen molar-refractivity contribution < 1.29 is 28.6 Å². The van der Waals surface area contributed by atoms with Crippen molar-refractivity contribution in [3.63, 3.8) is 0 Å². The van der Waals surface area contributed by atoms with Crippen LogP contribution in [0, 0.1) is 5.82 Å². The van der Waals surface area contributed by atoms with Crippen LogP contribution in [0.25, 0.3) is 5.76 Å². The average molecular weight is 413 g/mol. The summed E-state index contributed by atoms with van der Waals surface area (Å²) in [5.74, 6) is -1.76. The predicted octanol–water partition coefficient (Wildman–Crippen LogP) is 3.68. The van der Waals surface area contributed by atoms with E-state index < -0.39 is 23.5 Å². The van der Waals surface area contributed by atoms with Gasteiger partial charge in [0.25, 0.3) is 11.7 Å². The number of aliphatic hydroxyl groups is 1. The fourth-order valence-electron chi connectivity index (χ4n) is 3.44. The second-order valence-electron chi connectivity index (χ2n) is 7.23. The molecule has 0 radical (unpaired) electrons. The van der Waals surface area contributed by atoms with Crippen LogP contribution in [-0.2, 0) is 14.3 Å². The molecule has 6 nitrogen and oxygen atoms in total. The van der Waals surface area contributed by atoms with Crippen molar-refractivity contribution in [1.82, 2.24) is 4.90 Å². The molecule has 0 spiro atoms. The molecule has 0 aromatic heterocycles. The summed E-state index contributed by atoms with van der Waals surface area (Å²) in [6.07, 6.45) is -0.0562. The largest absolute Gasteiger partial charge is 0.507 e. The number of hydrogen-bond acceptors (Lipinski definition) is 5. The molecule has 1 atom stereocenters. The molecular formula is C23H24FNO5. The third-order valence-electron chi connectivity index (χ3n) is 4.74. The summed E-state index contributed by atoms with van der Waals surface area (Å²) < 4.78 is 24.1. The fraction of sp³-hybridized carbons (Fsp3) is 0.304. The zero-order chi connectivity index (χ0) is 21.8. The lowest BCUT2D eigenvalue weighted by molar-refractivity contribution is -0.140. The fourth-order valence-corrected chi connectivity index (χ4v) is 3.44. The Kier molecular flexibility index (Phi) is 6.52. The Hall–Kier alpha value is -3.19. The van der Waals surface area contributed by atoms with Crippen molar-refractivity contribution in [2.24, 2.45) is 0 Å². The first-order valence-corrected chi connectivity index (χ1v) is 9.63. The third-order valence-corrected chi connectivity index (χ3v) is 4.74. The molecule has 158 valence electrons. The first kappa shape index (κ1) is 21.5. The van der Waals surface area contributed by atoms with Gasteiger partial charge in [0.2, 0.25) is 0 Å². The Morgan fingerprint density at radius 1 is 1.17 bits per heavy atom. The molecule has 1 fully saturated rings. The van der Waals surface area contributed by atoms with Gasteiger partial charge in [0.05, 0.1) is 24.3 Å². The summed E-state index contributed by atoms with van der Waals surface area (Å²) >= 11 is 0. The third kappa shape index (κ3) is 4.36. The van der Waals surface area contributed by atoms with Crippen molar-refractivity contribution >= 4 is 17.4 Å². The van der Waals surface area contributed by atoms with Crippen molar-refractivity contribution in [2.75, 3.05) is 20.3 Å². The van der Waals surface area contributed by atoms with E-state index >= 15 is 0 Å². The van der Waals surface area contributed by atoms with Crippen LogP contribution < -0.4 is 4.74 Å². The monoisotopic (exact) mass is 413 g/mol. The van der Waals surface area contributed by atoms with E-state index in [2.05, 4.69) is 0 Å². The Bertz CT molecular complexity index is 968. The lowest BCUT2D eigenvalue weighted by Crippen LogP contribution is -2.32. The molecule has 0 aliphatic carbocycles. The van der Waals surface area contributed by atoms with E-state index in [0.29, 0.717) is 11.3 Å². The molecule has 1 aliphatic heterocycles. The second kappa shape index (κ2) is 9.09. The summed E-state index contributed by atoms with van der Waals surface area (Å²) in [5.41, 5.74) is 0.817. The van der Waals surface area contributed by atoms with Gasteiger partial charge in [0, 0.05) is 19.2 Å². The van der Waals surface area contributed by atoms with Gasteiger partial charge in [-0.3, -0.25) is 9.59 Å². The van der Waals surface area contributed by atoms with Gasteiger partial charge in [-0.1, -0.05) is 12.1 Å². The van der Waals surface area contributed by atoms with E-state index in [-0.39, 0.29) is 36.2 Å². The van der Waals surface area contributed by atoms with Crippen LogP contribution in [0.2, 0.25) is 0 Å². The highest BCUT2D eigenvalue weighted by Crippen LogP contribution is 2.40. The molecule has 2 aromatic carbocycles. The van der Waals surface area contributed by atoms with E-state index in [9.17, 15) is 19.1 Å². The van der Waals surface area contributed by atoms with Crippen LogP contribution in [-0.4, -0.2) is 48.1 Å². The van der Waals surface area contributed by atoms with E-state index in [4.69, 9.17) is 9.47 Å². The number of nitrogens with zero attached hydrogens (tertiary/aromatic N) is 1. The smallest absolute Gasteiger partial charge is 0.295 e. The van der Waals surface area contributed by atoms with E-state index in [1.165, 1.54) is 36.3 Å². The van der Waals surface area contributed by atoms with E-state index in [0.717, 1.165) is 0 Å². The Balaban J connectivity index is 2.14. The number of ketones is 1. The summed E-state index contributed by atoms with van der Waals surface area (Å²) in [4.78, 5) is 27.0. The van der Waals surface area contributed by atoms with Gasteiger partial charge in [-0.05, 0) is 55.8 Å². The lowest BCUT2D eigenvalue weighted by atomic mass is 9.95. The SMILES string of the molecule is COCCN1C(=O)C(=O)/C(=C(\O)c2ccc(F)cc2)C1c1cccc(OC(C)C)c1. The standard InChI is InChI=1S/C23H24FNO5/c1-14(2)30-18-6-4-5-16(13-18)20-19(21(26)15-7-9-17(24)10-8-15)22(27)23(28)25(20)11-12-29-3/h4-10,13-14,20,26H,11-12H2,1-3H3/b21-19-. The molecule has 1 amide bonds. The van der Waals surface area contributed by atoms with Gasteiger partial charge >= 0.3 is 0 Å². The van der Waals surface area contributed by atoms with E-state index in [1.54, 1.807) is 24.3 Å². The molecule has 1 aliphatic rings. The van der Waals surface area contributed by atoms with Crippen LogP contribution >= 0.6 is 0 Å². The normalized spacial score (nSPS) is 18.3. The molecule has 3 rings (SSSR count). The highest BCUT2D eigenvalue weighted by molar-refractivity contribution is 6.46. The van der Waals surface area contributed by atoms with Crippen molar-refractivity contribution in [1.29, 1.82) is 0 Å². The topological polar surface area (TPSA) is 76.1 Å². The van der Waals surface area contributed by atoms with Gasteiger partial charge in [-0.25, -0.2) is 4.39 Å². The van der Waals surface area contributed by atoms with Crippen molar-refractivity contribution in [3.05, 3.63) is 71.0 Å². The van der Waals surface area contributed by atoms with Crippen LogP contribution in [0.1, 0.15) is 31.0 Å². The number of aliphatic hydroxyl groups excluding tert-OH is 1. The first-order chi connectivity index (χ1) is 14.3. The maximum absolute atomic E-state index is 13.3. The van der Waals surface area contributed by atoms with Crippen molar-refractivity contribution in [3.8, 4) is 5.75 Å². The Morgan fingerprint density at radius 2 is 1.87 bits per heavy atom. The predicted molar refractivity (Wildman–Crippen MR) is 109 cm³/mol. The summed E-state index contributed by atoms with van der Waals surface area (Å²) in [7, 11) is 1.50. The molecule has 1 unspecified atom stereocenters. The van der Waals surface area contributed by atoms with Gasteiger partial charge in [-0.15, -0.1) is 0 Å². The lowest BCUT2D eigenvalue weighted by Gasteiger charge is -2.25. The van der Waals surface area contributed by atoms with Gasteiger partial charge in [0.15, 0.2) is 0 Å². The number of carbonyl (C=O) groups is 2. The van der Waals surface area contributed by atoms with Crippen LogP contribution in [0.4, 0.5) is 4.39 Å². The Labute approximate surface area is 174 Å². The minimum absolute atomic E-state index is 0.0515. The number of likely N-dealkylation sites (tertiary alicyclic amines) is 1. The van der Waals surface area contributed by atoms with Gasteiger partial charge in [-0.2, -0.15) is 0 Å². The number of rotatable bonds is 7. The number of Topliss-reactive ketones (excluding diaryl/α,β-unsaturated/α-hetero) is 1. The molecule has 30 heavy (non-hydrogen) atoms. The summed E-state index contributed by atoms with van der Waals surface area (Å²) in [6.45, 7) is 4.18. The van der Waals surface area contributed by atoms with Crippen LogP contribution in [0.5, 0.6) is 5.75 Å². The summed E-state index contributed by atoms with van der Waals surface area (Å²) in [6, 6.07) is 11.3. The molecule has 2 aromatic rings. The van der Waals surface area contributed by atoms with Crippen LogP contribution in [0.15, 0.2) is 54.1 Å². The quantitative estimate of drug-likeness (QED) is 0.426. The highest BCUT2D eigenvalue weighted by Gasteiger charge is 2.46. The highest BCUT2D eigenvalue weighted by atomic mass is 19.1. The number of halogens is 1. The molecule has 7 heteroatoms. The Morgan fingerprint density at radius 3 is 2.50 bits per heavy atom. The molecule has 1 saturated heterocycles.